The van der Waals surface area contributed by atoms with Crippen molar-refractivity contribution in [1.29, 1.82) is 0 Å². The number of amides is 2. The summed E-state index contributed by atoms with van der Waals surface area (Å²) in [6.07, 6.45) is 3.81. The molecule has 1 saturated heterocycles. The number of hydrogen-bond acceptors (Lipinski definition) is 3. The Morgan fingerprint density at radius 3 is 2.69 bits per heavy atom. The summed E-state index contributed by atoms with van der Waals surface area (Å²) in [6.45, 7) is 2.21. The van der Waals surface area contributed by atoms with Crippen LogP contribution in [-0.4, -0.2) is 42.9 Å². The normalized spacial score (nSPS) is 18.5. The van der Waals surface area contributed by atoms with Crippen molar-refractivity contribution in [2.24, 2.45) is 0 Å². The molecule has 0 aromatic heterocycles. The van der Waals surface area contributed by atoms with Gasteiger partial charge in [0.15, 0.2) is 0 Å². The third-order valence-electron chi connectivity index (χ3n) is 5.87. The number of fused-ring (bicyclic) bond motifs is 1. The van der Waals surface area contributed by atoms with Gasteiger partial charge < -0.3 is 15.1 Å². The molecule has 2 aromatic carbocycles. The number of likely N-dealkylation sites (tertiary alicyclic amines) is 1. The van der Waals surface area contributed by atoms with E-state index in [4.69, 9.17) is 0 Å². The maximum Gasteiger partial charge on any atom is 0.254 e. The molecule has 0 radical (unpaired) electrons. The van der Waals surface area contributed by atoms with E-state index in [2.05, 4.69) is 51.4 Å². The molecule has 2 heterocycles. The number of rotatable bonds is 4. The molecule has 1 unspecified atom stereocenters. The van der Waals surface area contributed by atoms with Crippen molar-refractivity contribution in [1.82, 2.24) is 10.2 Å². The summed E-state index contributed by atoms with van der Waals surface area (Å²) in [6, 6.07) is 13.3. The Bertz CT molecular complexity index is 913. The molecule has 0 aliphatic carbocycles. The van der Waals surface area contributed by atoms with Crippen LogP contribution in [0.15, 0.2) is 46.9 Å². The molecular formula is C23H26BrN3O2. The summed E-state index contributed by atoms with van der Waals surface area (Å²) in [7, 11) is 2.12. The largest absolute Gasteiger partial charge is 0.374 e. The van der Waals surface area contributed by atoms with Crippen LogP contribution in [0.2, 0.25) is 0 Å². The van der Waals surface area contributed by atoms with Crippen molar-refractivity contribution >= 4 is 33.4 Å². The smallest absolute Gasteiger partial charge is 0.254 e. The fraction of sp³-hybridized carbons (Fsp3) is 0.391. The number of halogens is 1. The van der Waals surface area contributed by atoms with Crippen molar-refractivity contribution < 1.29 is 9.59 Å². The van der Waals surface area contributed by atoms with Crippen molar-refractivity contribution in [3.8, 4) is 0 Å². The number of hydrogen-bond donors (Lipinski definition) is 1. The lowest BCUT2D eigenvalue weighted by molar-refractivity contribution is -0.125. The molecule has 1 fully saturated rings. The number of anilines is 1. The van der Waals surface area contributed by atoms with Gasteiger partial charge in [0.25, 0.3) is 5.91 Å². The standard InChI is InChI=1S/C23H26BrN3O2/c1-26-12-2-4-18-14-16(6-11-20(18)26)15-25-22(28)21-5-3-13-27(21)23(29)17-7-9-19(24)10-8-17/h6-11,14,21H,2-5,12-13,15H2,1H3,(H,25,28). The van der Waals surface area contributed by atoms with Crippen molar-refractivity contribution in [3.05, 3.63) is 63.6 Å². The van der Waals surface area contributed by atoms with Gasteiger partial charge in [0.1, 0.15) is 6.04 Å². The third-order valence-corrected chi connectivity index (χ3v) is 6.40. The molecule has 6 heteroatoms. The van der Waals surface area contributed by atoms with Crippen LogP contribution in [0.5, 0.6) is 0 Å². The zero-order valence-electron chi connectivity index (χ0n) is 16.7. The van der Waals surface area contributed by atoms with Gasteiger partial charge in [-0.2, -0.15) is 0 Å². The van der Waals surface area contributed by atoms with Crippen LogP contribution in [0.1, 0.15) is 40.7 Å². The van der Waals surface area contributed by atoms with Crippen LogP contribution in [0.25, 0.3) is 0 Å². The molecule has 1 atom stereocenters. The van der Waals surface area contributed by atoms with Gasteiger partial charge in [0, 0.05) is 42.4 Å². The number of aryl methyl sites for hydroxylation is 1. The van der Waals surface area contributed by atoms with E-state index in [0.29, 0.717) is 25.1 Å². The predicted octanol–water partition coefficient (Wildman–Crippen LogP) is 3.75. The van der Waals surface area contributed by atoms with E-state index in [1.807, 2.05) is 12.1 Å². The van der Waals surface area contributed by atoms with Crippen molar-refractivity contribution in [2.75, 3.05) is 25.0 Å². The number of nitrogens with zero attached hydrogens (tertiary/aromatic N) is 2. The highest BCUT2D eigenvalue weighted by atomic mass is 79.9. The van der Waals surface area contributed by atoms with Gasteiger partial charge in [0.2, 0.25) is 5.91 Å². The highest BCUT2D eigenvalue weighted by Crippen LogP contribution is 2.27. The highest BCUT2D eigenvalue weighted by molar-refractivity contribution is 9.10. The second kappa shape index (κ2) is 8.57. The second-order valence-corrected chi connectivity index (χ2v) is 8.79. The Balaban J connectivity index is 1.40. The van der Waals surface area contributed by atoms with Crippen molar-refractivity contribution in [3.63, 3.8) is 0 Å². The van der Waals surface area contributed by atoms with Crippen LogP contribution < -0.4 is 10.2 Å². The van der Waals surface area contributed by atoms with E-state index in [9.17, 15) is 9.59 Å². The van der Waals surface area contributed by atoms with Crippen LogP contribution in [0.4, 0.5) is 5.69 Å². The quantitative estimate of drug-likeness (QED) is 0.763. The molecule has 0 spiro atoms. The van der Waals surface area contributed by atoms with Crippen LogP contribution in [-0.2, 0) is 17.8 Å². The number of benzene rings is 2. The predicted molar refractivity (Wildman–Crippen MR) is 118 cm³/mol. The molecule has 2 aromatic rings. The molecule has 5 nitrogen and oxygen atoms in total. The van der Waals surface area contributed by atoms with E-state index in [-0.39, 0.29) is 11.8 Å². The molecular weight excluding hydrogens is 430 g/mol. The maximum absolute atomic E-state index is 12.9. The Labute approximate surface area is 180 Å². The van der Waals surface area contributed by atoms with E-state index >= 15 is 0 Å². The van der Waals surface area contributed by atoms with Gasteiger partial charge in [-0.15, -0.1) is 0 Å². The topological polar surface area (TPSA) is 52.7 Å². The minimum Gasteiger partial charge on any atom is -0.374 e. The summed E-state index contributed by atoms with van der Waals surface area (Å²) in [5, 5.41) is 3.05. The molecule has 152 valence electrons. The Kier molecular flexibility index (Phi) is 5.90. The summed E-state index contributed by atoms with van der Waals surface area (Å²) >= 11 is 3.39. The summed E-state index contributed by atoms with van der Waals surface area (Å²) in [5.41, 5.74) is 4.36. The first kappa shape index (κ1) is 20.0. The Hall–Kier alpha value is -2.34. The molecule has 0 saturated carbocycles. The lowest BCUT2D eigenvalue weighted by Crippen LogP contribution is -2.45. The van der Waals surface area contributed by atoms with Gasteiger partial charge >= 0.3 is 0 Å². The number of nitrogens with one attached hydrogen (secondary N) is 1. The second-order valence-electron chi connectivity index (χ2n) is 7.87. The van der Waals surface area contributed by atoms with E-state index in [1.165, 1.54) is 11.3 Å². The zero-order chi connectivity index (χ0) is 20.4. The molecule has 2 aliphatic rings. The fourth-order valence-electron chi connectivity index (χ4n) is 4.30. The molecule has 1 N–H and O–H groups in total. The fourth-order valence-corrected chi connectivity index (χ4v) is 4.56. The first-order chi connectivity index (χ1) is 14.0. The summed E-state index contributed by atoms with van der Waals surface area (Å²) in [4.78, 5) is 29.7. The third kappa shape index (κ3) is 4.32. The Morgan fingerprint density at radius 1 is 1.10 bits per heavy atom. The average molecular weight is 456 g/mol. The van der Waals surface area contributed by atoms with E-state index in [0.717, 1.165) is 35.8 Å². The molecule has 4 rings (SSSR count). The van der Waals surface area contributed by atoms with E-state index in [1.54, 1.807) is 17.0 Å². The SMILES string of the molecule is CN1CCCc2cc(CNC(=O)C3CCCN3C(=O)c3ccc(Br)cc3)ccc21. The van der Waals surface area contributed by atoms with Gasteiger partial charge in [-0.3, -0.25) is 9.59 Å². The lowest BCUT2D eigenvalue weighted by Gasteiger charge is -2.28. The maximum atomic E-state index is 12.9. The number of carbonyl (C=O) groups is 2. The Morgan fingerprint density at radius 2 is 1.90 bits per heavy atom. The monoisotopic (exact) mass is 455 g/mol. The first-order valence-electron chi connectivity index (χ1n) is 10.2. The molecule has 2 amide bonds. The molecule has 29 heavy (non-hydrogen) atoms. The summed E-state index contributed by atoms with van der Waals surface area (Å²) < 4.78 is 0.931. The van der Waals surface area contributed by atoms with E-state index < -0.39 is 6.04 Å². The average Bonchev–Trinajstić information content (AvgIpc) is 3.22. The van der Waals surface area contributed by atoms with Gasteiger partial charge in [-0.25, -0.2) is 0 Å². The number of carbonyl (C=O) groups excluding carboxylic acids is 2. The molecule has 0 bridgehead atoms. The minimum atomic E-state index is -0.394. The highest BCUT2D eigenvalue weighted by Gasteiger charge is 2.34. The summed E-state index contributed by atoms with van der Waals surface area (Å²) in [5.74, 6) is -0.144. The van der Waals surface area contributed by atoms with Crippen LogP contribution >= 0.6 is 15.9 Å². The van der Waals surface area contributed by atoms with Gasteiger partial charge in [-0.1, -0.05) is 28.1 Å². The van der Waals surface area contributed by atoms with Crippen LogP contribution in [0, 0.1) is 0 Å². The van der Waals surface area contributed by atoms with Gasteiger partial charge in [0.05, 0.1) is 0 Å². The molecule has 2 aliphatic heterocycles. The lowest BCUT2D eigenvalue weighted by atomic mass is 9.99. The zero-order valence-corrected chi connectivity index (χ0v) is 18.2. The minimum absolute atomic E-state index is 0.0669. The van der Waals surface area contributed by atoms with Crippen molar-refractivity contribution in [2.45, 2.75) is 38.3 Å². The van der Waals surface area contributed by atoms with Crippen LogP contribution in [0.3, 0.4) is 0 Å². The first-order valence-corrected chi connectivity index (χ1v) is 11.0. The van der Waals surface area contributed by atoms with Gasteiger partial charge in [-0.05, 0) is 67.1 Å².